The van der Waals surface area contributed by atoms with Crippen LogP contribution in [0.1, 0.15) is 74.7 Å². The highest BCUT2D eigenvalue weighted by atomic mass is 35.5. The van der Waals surface area contributed by atoms with Crippen molar-refractivity contribution in [3.8, 4) is 11.5 Å². The molecule has 4 aromatic carbocycles. The van der Waals surface area contributed by atoms with Gasteiger partial charge in [0.1, 0.15) is 11.5 Å². The minimum absolute atomic E-state index is 0.00227. The highest BCUT2D eigenvalue weighted by molar-refractivity contribution is 7.90. The van der Waals surface area contributed by atoms with E-state index in [2.05, 4.69) is 56.5 Å². The number of amides is 1. The van der Waals surface area contributed by atoms with Gasteiger partial charge >= 0.3 is 0 Å². The van der Waals surface area contributed by atoms with E-state index in [0.29, 0.717) is 30.6 Å². The van der Waals surface area contributed by atoms with E-state index >= 15 is 0 Å². The van der Waals surface area contributed by atoms with Gasteiger partial charge in [0.2, 0.25) is 0 Å². The second kappa shape index (κ2) is 20.0. The molecule has 0 bridgehead atoms. The van der Waals surface area contributed by atoms with Gasteiger partial charge in [0.15, 0.2) is 5.69 Å². The lowest BCUT2D eigenvalue weighted by atomic mass is 9.72. The number of carbonyl (C=O) groups excluding carboxylic acids is 1. The molecule has 6 N–H and O–H groups in total. The predicted molar refractivity (Wildman–Crippen MR) is 253 cm³/mol. The summed E-state index contributed by atoms with van der Waals surface area (Å²) in [5.74, 6) is -0.375. The van der Waals surface area contributed by atoms with E-state index in [9.17, 15) is 23.6 Å². The molecule has 0 atom stereocenters. The van der Waals surface area contributed by atoms with Gasteiger partial charge < -0.3 is 50.9 Å². The van der Waals surface area contributed by atoms with Crippen molar-refractivity contribution >= 4 is 61.1 Å². The number of fused-ring (bicyclic) bond motifs is 1. The van der Waals surface area contributed by atoms with Gasteiger partial charge in [0.05, 0.1) is 16.1 Å². The molecule has 2 saturated heterocycles. The van der Waals surface area contributed by atoms with E-state index in [0.717, 1.165) is 99.8 Å². The number of allylic oxidation sites excluding steroid dienone is 1. The summed E-state index contributed by atoms with van der Waals surface area (Å²) in [5.41, 5.74) is 5.66. The van der Waals surface area contributed by atoms with Gasteiger partial charge in [-0.3, -0.25) is 4.79 Å². The number of hydrogen-bond acceptors (Lipinski definition) is 11. The number of H-pyrrole nitrogens is 1. The Balaban J connectivity index is 0.941. The number of carbonyl (C=O) groups is 1. The second-order valence-electron chi connectivity index (χ2n) is 17.8. The number of nitrogens with one attached hydrogen (secondary N) is 6. The molecule has 8 rings (SSSR count). The van der Waals surface area contributed by atoms with E-state index in [-0.39, 0.29) is 39.0 Å². The molecule has 16 heteroatoms. The highest BCUT2D eigenvalue weighted by Gasteiger charge is 2.30. The Kier molecular flexibility index (Phi) is 14.3. The van der Waals surface area contributed by atoms with E-state index < -0.39 is 21.2 Å². The van der Waals surface area contributed by atoms with Crippen molar-refractivity contribution in [3.05, 3.63) is 123 Å². The van der Waals surface area contributed by atoms with E-state index in [4.69, 9.17) is 21.1 Å². The van der Waals surface area contributed by atoms with Crippen LogP contribution in [0.3, 0.4) is 0 Å². The molecule has 2 aliphatic heterocycles. The summed E-state index contributed by atoms with van der Waals surface area (Å²) in [6.07, 6.45) is 8.55. The SMILES string of the molecule is CC1(C)CCC(CNCCNc2ccc(C(=O)NS(=O)(=O)c3ccc(NC4CCN(C5CCOCC5)CC4)c([NH+]([O-])[O-])c3)c(Oc3ccc4[nH]ccc4c3)c2)=C(c2ccc(Cl)cc2)C1. The number of aromatic amines is 1. The first-order valence-electron chi connectivity index (χ1n) is 22.1. The molecule has 0 radical (unpaired) electrons. The average Bonchev–Trinajstić information content (AvgIpc) is 3.75. The van der Waals surface area contributed by atoms with Crippen LogP contribution in [0.15, 0.2) is 102 Å². The van der Waals surface area contributed by atoms with Gasteiger partial charge in [-0.15, -0.1) is 0 Å². The number of hydrogen-bond donors (Lipinski definition) is 6. The minimum atomic E-state index is -4.54. The zero-order chi connectivity index (χ0) is 44.8. The molecular formula is C48H57ClN7O7S-. The fourth-order valence-corrected chi connectivity index (χ4v) is 10.2. The van der Waals surface area contributed by atoms with E-state index in [1.807, 2.05) is 36.5 Å². The summed E-state index contributed by atoms with van der Waals surface area (Å²) < 4.78 is 41.4. The van der Waals surface area contributed by atoms with Crippen LogP contribution < -0.4 is 30.6 Å². The highest BCUT2D eigenvalue weighted by Crippen LogP contribution is 2.43. The molecule has 3 heterocycles. The summed E-state index contributed by atoms with van der Waals surface area (Å²) in [6, 6.07) is 24.5. The van der Waals surface area contributed by atoms with E-state index in [1.165, 1.54) is 34.9 Å². The zero-order valence-corrected chi connectivity index (χ0v) is 37.9. The van der Waals surface area contributed by atoms with Gasteiger partial charge in [-0.2, -0.15) is 0 Å². The topological polar surface area (TPSA) is 187 Å². The first kappa shape index (κ1) is 45.6. The lowest BCUT2D eigenvalue weighted by Gasteiger charge is -2.40. The van der Waals surface area contributed by atoms with Crippen molar-refractivity contribution in [1.82, 2.24) is 19.9 Å². The van der Waals surface area contributed by atoms with E-state index in [1.54, 1.807) is 18.2 Å². The third-order valence-electron chi connectivity index (χ3n) is 12.7. The molecule has 3 aliphatic rings. The Morgan fingerprint density at radius 2 is 1.73 bits per heavy atom. The summed E-state index contributed by atoms with van der Waals surface area (Å²) in [5, 5.41) is 35.1. The number of halogens is 1. The van der Waals surface area contributed by atoms with Crippen LogP contribution in [-0.2, 0) is 14.8 Å². The molecular weight excluding hydrogens is 854 g/mol. The molecule has 14 nitrogen and oxygen atoms in total. The Morgan fingerprint density at radius 1 is 0.953 bits per heavy atom. The maximum Gasteiger partial charge on any atom is 0.268 e. The third-order valence-corrected chi connectivity index (χ3v) is 14.3. The van der Waals surface area contributed by atoms with Crippen molar-refractivity contribution in [2.24, 2.45) is 5.41 Å². The van der Waals surface area contributed by atoms with Crippen LogP contribution in [0.4, 0.5) is 17.1 Å². The monoisotopic (exact) mass is 910 g/mol. The average molecular weight is 912 g/mol. The number of benzene rings is 4. The number of nitrogens with zero attached hydrogens (tertiary/aromatic N) is 1. The second-order valence-corrected chi connectivity index (χ2v) is 19.9. The lowest BCUT2D eigenvalue weighted by molar-refractivity contribution is -0.714. The number of likely N-dealkylation sites (tertiary alicyclic amines) is 1. The standard InChI is InChI=1S/C48H57ClN7O7S/c1-48(2)19-13-34(42(30-48)32-3-5-35(49)6-4-32)31-50-21-22-51-37-7-10-41(46(28-37)63-39-8-11-43-33(27-39)14-20-52-43)47(57)54-64(60,61)40-9-12-44(45(29-40)56(58)59)53-36-15-23-55(24-16-36)38-17-25-62-26-18-38/h3-12,14,20,27-29,36,38,50-53,56H,13,15-19,21-26,30-31H2,1-2H3,(H,54,57)/q-1. The molecule has 5 aromatic rings. The lowest BCUT2D eigenvalue weighted by Crippen LogP contribution is -2.96. The van der Waals surface area contributed by atoms with Gasteiger partial charge in [-0.1, -0.05) is 43.2 Å². The van der Waals surface area contributed by atoms with Crippen molar-refractivity contribution in [1.29, 1.82) is 0 Å². The molecule has 340 valence electrons. The van der Waals surface area contributed by atoms with Crippen molar-refractivity contribution < 1.29 is 27.9 Å². The quantitative estimate of drug-likeness (QED) is 0.0417. The number of sulfonamides is 1. The van der Waals surface area contributed by atoms with Crippen LogP contribution in [0.25, 0.3) is 16.5 Å². The summed E-state index contributed by atoms with van der Waals surface area (Å²) >= 11 is 6.20. The molecule has 2 fully saturated rings. The summed E-state index contributed by atoms with van der Waals surface area (Å²) in [7, 11) is -4.54. The largest absolute Gasteiger partial charge is 0.628 e. The Morgan fingerprint density at radius 3 is 2.50 bits per heavy atom. The van der Waals surface area contributed by atoms with Gasteiger partial charge in [0, 0.05) is 98.0 Å². The smallest absolute Gasteiger partial charge is 0.268 e. The Labute approximate surface area is 379 Å². The molecule has 1 amide bonds. The van der Waals surface area contributed by atoms with Crippen LogP contribution in [-0.4, -0.2) is 82.2 Å². The summed E-state index contributed by atoms with van der Waals surface area (Å²) in [6.45, 7) is 9.85. The molecule has 0 spiro atoms. The van der Waals surface area contributed by atoms with Crippen molar-refractivity contribution in [2.75, 3.05) is 56.6 Å². The van der Waals surface area contributed by atoms with Crippen LogP contribution in [0.5, 0.6) is 11.5 Å². The molecule has 1 aliphatic carbocycles. The van der Waals surface area contributed by atoms with Crippen LogP contribution in [0.2, 0.25) is 5.02 Å². The number of piperidine rings is 1. The number of ether oxygens (including phenoxy) is 2. The van der Waals surface area contributed by atoms with Gasteiger partial charge in [-0.25, -0.2) is 13.1 Å². The first-order valence-corrected chi connectivity index (χ1v) is 24.0. The van der Waals surface area contributed by atoms with Gasteiger partial charge in [-0.05, 0) is 122 Å². The predicted octanol–water partition coefficient (Wildman–Crippen LogP) is 7.97. The number of anilines is 2. The van der Waals surface area contributed by atoms with Crippen LogP contribution >= 0.6 is 11.6 Å². The number of rotatable bonds is 16. The normalized spacial score (nSPS) is 17.8. The van der Waals surface area contributed by atoms with Crippen LogP contribution in [0, 0.1) is 15.8 Å². The fourth-order valence-electron chi connectivity index (χ4n) is 9.05. The van der Waals surface area contributed by atoms with Gasteiger partial charge in [0.25, 0.3) is 15.9 Å². The molecule has 0 saturated carbocycles. The van der Waals surface area contributed by atoms with Crippen molar-refractivity contribution in [2.45, 2.75) is 75.8 Å². The Hall–Kier alpha value is -4.97. The van der Waals surface area contributed by atoms with Crippen molar-refractivity contribution in [3.63, 3.8) is 0 Å². The Bertz CT molecular complexity index is 2570. The number of quaternary nitrogens is 1. The fraction of sp³-hybridized carbons (Fsp3) is 0.396. The molecule has 0 unspecified atom stereocenters. The molecule has 64 heavy (non-hydrogen) atoms. The maximum atomic E-state index is 13.9. The third kappa shape index (κ3) is 11.3. The zero-order valence-electron chi connectivity index (χ0n) is 36.3. The summed E-state index contributed by atoms with van der Waals surface area (Å²) in [4.78, 5) is 19.1. The molecule has 1 aromatic heterocycles. The number of aromatic nitrogens is 1. The minimum Gasteiger partial charge on any atom is -0.628 e. The maximum absolute atomic E-state index is 13.9. The first-order chi connectivity index (χ1) is 30.8.